The summed E-state index contributed by atoms with van der Waals surface area (Å²) in [6.45, 7) is 3.89. The molecule has 0 fully saturated rings. The first-order chi connectivity index (χ1) is 13.1. The second kappa shape index (κ2) is 6.76. The Morgan fingerprint density at radius 1 is 1.07 bits per heavy atom. The third kappa shape index (κ3) is 3.01. The minimum Gasteiger partial charge on any atom is -0.459 e. The molecule has 2 aromatic carbocycles. The molecule has 5 nitrogen and oxygen atoms in total. The number of fused-ring (bicyclic) bond motifs is 1. The zero-order valence-electron chi connectivity index (χ0n) is 15.2. The minimum absolute atomic E-state index is 0.0455. The van der Waals surface area contributed by atoms with E-state index in [1.54, 1.807) is 28.9 Å². The monoisotopic (exact) mass is 359 g/mol. The Bertz CT molecular complexity index is 980. The molecule has 1 aliphatic heterocycles. The average molecular weight is 359 g/mol. The van der Waals surface area contributed by atoms with Gasteiger partial charge in [0.15, 0.2) is 5.76 Å². The van der Waals surface area contributed by atoms with Crippen LogP contribution in [0.15, 0.2) is 65.3 Å². The fraction of sp³-hybridized carbons (Fsp3) is 0.182. The topological polar surface area (TPSA) is 53.8 Å². The van der Waals surface area contributed by atoms with Gasteiger partial charge in [0.2, 0.25) is 5.91 Å². The number of nitrogens with zero attached hydrogens (tertiary/aromatic N) is 2. The molecule has 3 aromatic rings. The number of furan rings is 1. The summed E-state index contributed by atoms with van der Waals surface area (Å²) in [5.74, 6) is 0.0231. The van der Waals surface area contributed by atoms with Crippen molar-refractivity contribution in [3.63, 3.8) is 0 Å². The molecule has 1 atom stereocenters. The largest absolute Gasteiger partial charge is 0.459 e. The van der Waals surface area contributed by atoms with Crippen LogP contribution in [0.25, 0.3) is 11.1 Å². The van der Waals surface area contributed by atoms with E-state index in [0.29, 0.717) is 12.2 Å². The quantitative estimate of drug-likeness (QED) is 0.691. The molecular weight excluding hydrogens is 340 g/mol. The van der Waals surface area contributed by atoms with Crippen LogP contribution >= 0.6 is 0 Å². The fourth-order valence-corrected chi connectivity index (χ4v) is 3.59. The Morgan fingerprint density at radius 2 is 1.85 bits per heavy atom. The number of anilines is 2. The van der Waals surface area contributed by atoms with Crippen molar-refractivity contribution in [3.05, 3.63) is 72.7 Å². The van der Waals surface area contributed by atoms with Crippen LogP contribution in [0.3, 0.4) is 0 Å². The van der Waals surface area contributed by atoms with E-state index in [-0.39, 0.29) is 23.6 Å². The van der Waals surface area contributed by atoms with Crippen LogP contribution in [0.5, 0.6) is 0 Å². The van der Waals surface area contributed by atoms with E-state index in [1.165, 1.54) is 6.26 Å². The SMILES string of the molecule is CC(=O)N1c2ccc(-c3cc[c]cc3)cc2N(C(=O)c2ccco2)C[C@@H]1C. The van der Waals surface area contributed by atoms with Crippen LogP contribution in [0.1, 0.15) is 24.4 Å². The molecule has 1 aliphatic rings. The molecule has 0 saturated heterocycles. The molecule has 27 heavy (non-hydrogen) atoms. The van der Waals surface area contributed by atoms with Crippen LogP contribution in [0.4, 0.5) is 11.4 Å². The van der Waals surface area contributed by atoms with Crippen molar-refractivity contribution in [1.82, 2.24) is 0 Å². The van der Waals surface area contributed by atoms with Crippen molar-refractivity contribution in [2.24, 2.45) is 0 Å². The summed E-state index contributed by atoms with van der Waals surface area (Å²) >= 11 is 0. The van der Waals surface area contributed by atoms with E-state index < -0.39 is 0 Å². The van der Waals surface area contributed by atoms with Gasteiger partial charge in [0.1, 0.15) is 0 Å². The van der Waals surface area contributed by atoms with Crippen molar-refractivity contribution in [2.45, 2.75) is 19.9 Å². The Balaban J connectivity index is 1.85. The number of carbonyl (C=O) groups is 2. The lowest BCUT2D eigenvalue weighted by atomic mass is 10.0. The molecule has 1 aromatic heterocycles. The van der Waals surface area contributed by atoms with Gasteiger partial charge < -0.3 is 14.2 Å². The zero-order chi connectivity index (χ0) is 19.0. The second-order valence-corrected chi connectivity index (χ2v) is 6.62. The van der Waals surface area contributed by atoms with E-state index in [0.717, 1.165) is 16.8 Å². The molecular formula is C22H19N2O3. The minimum atomic E-state index is -0.213. The Hall–Kier alpha value is -3.34. The first-order valence-corrected chi connectivity index (χ1v) is 8.82. The molecule has 1 radical (unpaired) electrons. The van der Waals surface area contributed by atoms with Crippen molar-refractivity contribution in [2.75, 3.05) is 16.3 Å². The number of hydrogen-bond donors (Lipinski definition) is 0. The lowest BCUT2D eigenvalue weighted by Crippen LogP contribution is -2.51. The Labute approximate surface area is 157 Å². The highest BCUT2D eigenvalue weighted by atomic mass is 16.3. The molecule has 5 heteroatoms. The predicted molar refractivity (Wildman–Crippen MR) is 104 cm³/mol. The summed E-state index contributed by atoms with van der Waals surface area (Å²) in [7, 11) is 0. The average Bonchev–Trinajstić information content (AvgIpc) is 3.21. The first kappa shape index (κ1) is 17.1. The van der Waals surface area contributed by atoms with E-state index in [2.05, 4.69) is 6.07 Å². The van der Waals surface area contributed by atoms with Gasteiger partial charge in [-0.05, 0) is 48.4 Å². The van der Waals surface area contributed by atoms with Gasteiger partial charge in [-0.2, -0.15) is 0 Å². The van der Waals surface area contributed by atoms with Gasteiger partial charge in [0.25, 0.3) is 5.91 Å². The van der Waals surface area contributed by atoms with Gasteiger partial charge in [0, 0.05) is 13.5 Å². The van der Waals surface area contributed by atoms with Gasteiger partial charge >= 0.3 is 0 Å². The van der Waals surface area contributed by atoms with E-state index in [1.807, 2.05) is 49.4 Å². The Kier molecular flexibility index (Phi) is 4.28. The number of rotatable bonds is 2. The van der Waals surface area contributed by atoms with Gasteiger partial charge in [-0.25, -0.2) is 0 Å². The second-order valence-electron chi connectivity index (χ2n) is 6.62. The molecule has 2 amide bonds. The highest BCUT2D eigenvalue weighted by Crippen LogP contribution is 2.39. The van der Waals surface area contributed by atoms with Crippen LogP contribution in [-0.4, -0.2) is 24.4 Å². The molecule has 0 unspecified atom stereocenters. The van der Waals surface area contributed by atoms with Crippen molar-refractivity contribution >= 4 is 23.2 Å². The van der Waals surface area contributed by atoms with Crippen LogP contribution < -0.4 is 9.80 Å². The van der Waals surface area contributed by atoms with Crippen molar-refractivity contribution < 1.29 is 14.0 Å². The van der Waals surface area contributed by atoms with Gasteiger partial charge in [-0.1, -0.05) is 30.3 Å². The molecule has 135 valence electrons. The summed E-state index contributed by atoms with van der Waals surface area (Å²) in [4.78, 5) is 28.7. The molecule has 0 aliphatic carbocycles. The number of amides is 2. The van der Waals surface area contributed by atoms with Crippen LogP contribution in [-0.2, 0) is 4.79 Å². The van der Waals surface area contributed by atoms with E-state index in [9.17, 15) is 9.59 Å². The maximum Gasteiger partial charge on any atom is 0.294 e. The Morgan fingerprint density at radius 3 is 2.52 bits per heavy atom. The summed E-state index contributed by atoms with van der Waals surface area (Å²) in [5, 5.41) is 0. The predicted octanol–water partition coefficient (Wildman–Crippen LogP) is 4.15. The third-order valence-corrected chi connectivity index (χ3v) is 4.78. The summed E-state index contributed by atoms with van der Waals surface area (Å²) < 4.78 is 5.31. The highest BCUT2D eigenvalue weighted by Gasteiger charge is 2.34. The first-order valence-electron chi connectivity index (χ1n) is 8.82. The van der Waals surface area contributed by atoms with Crippen LogP contribution in [0.2, 0.25) is 0 Å². The molecule has 0 N–H and O–H groups in total. The normalized spacial score (nSPS) is 16.1. The summed E-state index contributed by atoms with van der Waals surface area (Å²) in [5.41, 5.74) is 3.43. The van der Waals surface area contributed by atoms with Gasteiger partial charge in [0.05, 0.1) is 23.7 Å². The lowest BCUT2D eigenvalue weighted by molar-refractivity contribution is -0.117. The highest BCUT2D eigenvalue weighted by molar-refractivity contribution is 6.10. The zero-order valence-corrected chi connectivity index (χ0v) is 15.2. The van der Waals surface area contributed by atoms with Crippen LogP contribution in [0, 0.1) is 6.07 Å². The maximum absolute atomic E-state index is 13.0. The maximum atomic E-state index is 13.0. The number of benzene rings is 2. The molecule has 0 bridgehead atoms. The van der Waals surface area contributed by atoms with Crippen molar-refractivity contribution in [3.8, 4) is 11.1 Å². The fourth-order valence-electron chi connectivity index (χ4n) is 3.59. The lowest BCUT2D eigenvalue weighted by Gasteiger charge is -2.40. The number of hydrogen-bond acceptors (Lipinski definition) is 3. The van der Waals surface area contributed by atoms with Gasteiger partial charge in [-0.3, -0.25) is 9.59 Å². The van der Waals surface area contributed by atoms with Gasteiger partial charge in [-0.15, -0.1) is 0 Å². The summed E-state index contributed by atoms with van der Waals surface area (Å²) in [6, 6.07) is 19.7. The standard InChI is InChI=1S/C22H19N2O3/c1-15-14-23(22(26)21-9-6-12-27-21)20-13-18(17-7-4-3-5-8-17)10-11-19(20)24(15)16(2)25/h4-13,15H,14H2,1-2H3/t15-/m0/s1. The molecule has 2 heterocycles. The molecule has 0 spiro atoms. The smallest absolute Gasteiger partial charge is 0.294 e. The van der Waals surface area contributed by atoms with E-state index >= 15 is 0 Å². The number of carbonyl (C=O) groups excluding carboxylic acids is 2. The molecule has 4 rings (SSSR count). The third-order valence-electron chi connectivity index (χ3n) is 4.78. The van der Waals surface area contributed by atoms with Crippen molar-refractivity contribution in [1.29, 1.82) is 0 Å². The summed E-state index contributed by atoms with van der Waals surface area (Å²) in [6.07, 6.45) is 1.49. The molecule has 0 saturated carbocycles. The van der Waals surface area contributed by atoms with E-state index in [4.69, 9.17) is 4.42 Å².